The highest BCUT2D eigenvalue weighted by molar-refractivity contribution is 7.89. The molecule has 7 nitrogen and oxygen atoms in total. The molecule has 0 aromatic heterocycles. The number of ether oxygens (including phenoxy) is 2. The Morgan fingerprint density at radius 1 is 0.931 bits per heavy atom. The first-order valence-corrected chi connectivity index (χ1v) is 10.1. The summed E-state index contributed by atoms with van der Waals surface area (Å²) in [5, 5.41) is 1.53. The molecule has 0 radical (unpaired) electrons. The molecule has 3 rings (SSSR count). The van der Waals surface area contributed by atoms with E-state index in [1.807, 2.05) is 18.2 Å². The van der Waals surface area contributed by atoms with Crippen molar-refractivity contribution in [2.75, 3.05) is 20.7 Å². The minimum absolute atomic E-state index is 0.00561. The van der Waals surface area contributed by atoms with Gasteiger partial charge in [0.1, 0.15) is 17.9 Å². The van der Waals surface area contributed by atoms with Crippen molar-refractivity contribution in [3.63, 3.8) is 0 Å². The Morgan fingerprint density at radius 3 is 2.14 bits per heavy atom. The predicted molar refractivity (Wildman–Crippen MR) is 107 cm³/mol. The number of fused-ring (bicyclic) bond motifs is 1. The first-order chi connectivity index (χ1) is 13.8. The van der Waals surface area contributed by atoms with Gasteiger partial charge in [-0.3, -0.25) is 4.79 Å². The molecule has 0 amide bonds. The summed E-state index contributed by atoms with van der Waals surface area (Å²) in [6.07, 6.45) is 0. The van der Waals surface area contributed by atoms with E-state index in [9.17, 15) is 18.0 Å². The van der Waals surface area contributed by atoms with Crippen LogP contribution in [-0.4, -0.2) is 45.4 Å². The van der Waals surface area contributed by atoms with Crippen molar-refractivity contribution in [2.24, 2.45) is 0 Å². The van der Waals surface area contributed by atoms with Gasteiger partial charge >= 0.3 is 11.9 Å². The molecule has 3 aromatic rings. The van der Waals surface area contributed by atoms with Crippen LogP contribution in [0.5, 0.6) is 5.75 Å². The first-order valence-electron chi connectivity index (χ1n) is 8.66. The fourth-order valence-electron chi connectivity index (χ4n) is 2.77. The number of hydrogen-bond acceptors (Lipinski definition) is 6. The molecule has 0 unspecified atom stereocenters. The Kier molecular flexibility index (Phi) is 5.95. The third kappa shape index (κ3) is 4.44. The van der Waals surface area contributed by atoms with Crippen molar-refractivity contribution >= 4 is 32.7 Å². The predicted octanol–water partition coefficient (Wildman–Crippen LogP) is 2.85. The number of likely N-dealkylation sites (N-methyl/N-ethyl adjacent to an activating group) is 1. The molecule has 150 valence electrons. The van der Waals surface area contributed by atoms with Gasteiger partial charge in [0.05, 0.1) is 12.0 Å². The van der Waals surface area contributed by atoms with Gasteiger partial charge in [0, 0.05) is 7.05 Å². The third-order valence-corrected chi connectivity index (χ3v) is 6.10. The highest BCUT2D eigenvalue weighted by Crippen LogP contribution is 2.27. The van der Waals surface area contributed by atoms with Gasteiger partial charge in [-0.15, -0.1) is 0 Å². The first kappa shape index (κ1) is 20.5. The second kappa shape index (κ2) is 8.42. The lowest BCUT2D eigenvalue weighted by atomic mass is 10.1. The van der Waals surface area contributed by atoms with Crippen LogP contribution in [0.15, 0.2) is 71.6 Å². The molecule has 0 aliphatic carbocycles. The van der Waals surface area contributed by atoms with Crippen LogP contribution >= 0.6 is 0 Å². The summed E-state index contributed by atoms with van der Waals surface area (Å²) in [5.74, 6) is -1.48. The van der Waals surface area contributed by atoms with E-state index in [-0.39, 0.29) is 16.2 Å². The van der Waals surface area contributed by atoms with Gasteiger partial charge < -0.3 is 9.47 Å². The SMILES string of the molecule is COC(=O)c1cc2ccccc2cc1OC(=O)CN(C)S(=O)(=O)c1ccccc1. The third-order valence-electron chi connectivity index (χ3n) is 4.28. The lowest BCUT2D eigenvalue weighted by Gasteiger charge is -2.17. The number of benzene rings is 3. The van der Waals surface area contributed by atoms with Crippen molar-refractivity contribution < 1.29 is 27.5 Å². The smallest absolute Gasteiger partial charge is 0.341 e. The van der Waals surface area contributed by atoms with Crippen LogP contribution in [-0.2, 0) is 19.6 Å². The summed E-state index contributed by atoms with van der Waals surface area (Å²) in [7, 11) is -1.34. The summed E-state index contributed by atoms with van der Waals surface area (Å²) < 4.78 is 36.1. The summed E-state index contributed by atoms with van der Waals surface area (Å²) >= 11 is 0. The van der Waals surface area contributed by atoms with E-state index >= 15 is 0 Å². The van der Waals surface area contributed by atoms with Crippen LogP contribution < -0.4 is 4.74 Å². The van der Waals surface area contributed by atoms with Crippen molar-refractivity contribution in [1.29, 1.82) is 0 Å². The van der Waals surface area contributed by atoms with Crippen LogP contribution in [0, 0.1) is 0 Å². The highest BCUT2D eigenvalue weighted by Gasteiger charge is 2.25. The summed E-state index contributed by atoms with van der Waals surface area (Å²) in [6.45, 7) is -0.523. The van der Waals surface area contributed by atoms with Gasteiger partial charge in [0.25, 0.3) is 0 Å². The molecule has 3 aromatic carbocycles. The lowest BCUT2D eigenvalue weighted by Crippen LogP contribution is -2.34. The molecule has 0 N–H and O–H groups in total. The molecule has 0 fully saturated rings. The van der Waals surface area contributed by atoms with Gasteiger partial charge in [0.2, 0.25) is 10.0 Å². The maximum atomic E-state index is 12.6. The van der Waals surface area contributed by atoms with E-state index in [2.05, 4.69) is 0 Å². The molecule has 0 heterocycles. The average Bonchev–Trinajstić information content (AvgIpc) is 2.73. The molecule has 0 bridgehead atoms. The minimum Gasteiger partial charge on any atom is -0.465 e. The van der Waals surface area contributed by atoms with Crippen molar-refractivity contribution in [1.82, 2.24) is 4.31 Å². The second-order valence-corrected chi connectivity index (χ2v) is 8.28. The molecule has 0 aliphatic heterocycles. The summed E-state index contributed by atoms with van der Waals surface area (Å²) in [5.41, 5.74) is 0.0770. The van der Waals surface area contributed by atoms with Gasteiger partial charge in [-0.1, -0.05) is 42.5 Å². The molecule has 0 saturated carbocycles. The zero-order chi connectivity index (χ0) is 21.0. The quantitative estimate of drug-likeness (QED) is 0.456. The largest absolute Gasteiger partial charge is 0.465 e. The van der Waals surface area contributed by atoms with Crippen molar-refractivity contribution in [3.8, 4) is 5.75 Å². The lowest BCUT2D eigenvalue weighted by molar-refractivity contribution is -0.134. The number of methoxy groups -OCH3 is 1. The Labute approximate surface area is 168 Å². The number of hydrogen-bond donors (Lipinski definition) is 0. The number of carbonyl (C=O) groups is 2. The number of sulfonamides is 1. The van der Waals surface area contributed by atoms with Gasteiger partial charge in [0.15, 0.2) is 0 Å². The molecule has 0 saturated heterocycles. The van der Waals surface area contributed by atoms with E-state index in [0.29, 0.717) is 0 Å². The maximum Gasteiger partial charge on any atom is 0.341 e. The molecular formula is C21H19NO6S. The van der Waals surface area contributed by atoms with Crippen molar-refractivity contribution in [3.05, 3.63) is 72.3 Å². The monoisotopic (exact) mass is 413 g/mol. The van der Waals surface area contributed by atoms with E-state index in [1.54, 1.807) is 36.4 Å². The van der Waals surface area contributed by atoms with Gasteiger partial charge in [-0.05, 0) is 35.0 Å². The number of esters is 2. The Morgan fingerprint density at radius 2 is 1.52 bits per heavy atom. The van der Waals surface area contributed by atoms with Crippen LogP contribution in [0.1, 0.15) is 10.4 Å². The second-order valence-electron chi connectivity index (χ2n) is 6.24. The van der Waals surface area contributed by atoms with Crippen LogP contribution in [0.25, 0.3) is 10.8 Å². The Bertz CT molecular complexity index is 1160. The van der Waals surface area contributed by atoms with Crippen molar-refractivity contribution in [2.45, 2.75) is 4.90 Å². The summed E-state index contributed by atoms with van der Waals surface area (Å²) in [6, 6.07) is 18.1. The zero-order valence-corrected chi connectivity index (χ0v) is 16.7. The van der Waals surface area contributed by atoms with E-state index < -0.39 is 28.5 Å². The Balaban J connectivity index is 1.85. The molecule has 0 spiro atoms. The van der Waals surface area contributed by atoms with Gasteiger partial charge in [-0.25, -0.2) is 13.2 Å². The fraction of sp³-hybridized carbons (Fsp3) is 0.143. The Hall–Kier alpha value is -3.23. The average molecular weight is 413 g/mol. The number of carbonyl (C=O) groups excluding carboxylic acids is 2. The number of rotatable bonds is 6. The van der Waals surface area contributed by atoms with Crippen LogP contribution in [0.4, 0.5) is 0 Å². The zero-order valence-electron chi connectivity index (χ0n) is 15.9. The van der Waals surface area contributed by atoms with Gasteiger partial charge in [-0.2, -0.15) is 4.31 Å². The summed E-state index contributed by atoms with van der Waals surface area (Å²) in [4.78, 5) is 24.6. The molecular weight excluding hydrogens is 394 g/mol. The van der Waals surface area contributed by atoms with E-state index in [1.165, 1.54) is 26.3 Å². The topological polar surface area (TPSA) is 90.0 Å². The highest BCUT2D eigenvalue weighted by atomic mass is 32.2. The molecule has 0 aliphatic rings. The molecule has 29 heavy (non-hydrogen) atoms. The molecule has 8 heteroatoms. The minimum atomic E-state index is -3.85. The molecule has 0 atom stereocenters. The van der Waals surface area contributed by atoms with Crippen LogP contribution in [0.2, 0.25) is 0 Å². The van der Waals surface area contributed by atoms with E-state index in [0.717, 1.165) is 15.1 Å². The number of nitrogens with zero attached hydrogens (tertiary/aromatic N) is 1. The standard InChI is InChI=1S/C21H19NO6S/c1-22(29(25,26)17-10-4-3-5-11-17)14-20(23)28-19-13-16-9-7-6-8-15(16)12-18(19)21(24)27-2/h3-13H,14H2,1-2H3. The van der Waals surface area contributed by atoms with E-state index in [4.69, 9.17) is 9.47 Å². The van der Waals surface area contributed by atoms with Crippen LogP contribution in [0.3, 0.4) is 0 Å². The maximum absolute atomic E-state index is 12.6. The fourth-order valence-corrected chi connectivity index (χ4v) is 3.90. The normalized spacial score (nSPS) is 11.4.